The van der Waals surface area contributed by atoms with Gasteiger partial charge in [0.1, 0.15) is 10.6 Å². The van der Waals surface area contributed by atoms with Crippen LogP contribution in [0.2, 0.25) is 10.0 Å². The normalized spacial score (nSPS) is 16.4. The molecule has 0 bridgehead atoms. The fourth-order valence-corrected chi connectivity index (χ4v) is 5.39. The minimum absolute atomic E-state index is 0.100. The van der Waals surface area contributed by atoms with Gasteiger partial charge in [-0.15, -0.1) is 0 Å². The summed E-state index contributed by atoms with van der Waals surface area (Å²) in [6, 6.07) is 4.70. The van der Waals surface area contributed by atoms with Crippen LogP contribution < -0.4 is 0 Å². The van der Waals surface area contributed by atoms with Crippen LogP contribution in [0.5, 0.6) is 0 Å². The van der Waals surface area contributed by atoms with Crippen LogP contribution in [0.25, 0.3) is 0 Å². The Hall–Kier alpha value is -1.61. The van der Waals surface area contributed by atoms with Crippen molar-refractivity contribution < 1.29 is 17.7 Å². The van der Waals surface area contributed by atoms with E-state index in [-0.39, 0.29) is 34.7 Å². The van der Waals surface area contributed by atoms with Gasteiger partial charge < -0.3 is 9.42 Å². The van der Waals surface area contributed by atoms with E-state index in [1.165, 1.54) is 10.4 Å². The SMILES string of the molecule is Cc1noc(C)c1S(=O)(=O)N1CCCN(C(=O)c2ccc(Cl)cc2Cl)CC1. The lowest BCUT2D eigenvalue weighted by atomic mass is 10.2. The lowest BCUT2D eigenvalue weighted by molar-refractivity contribution is 0.0764. The summed E-state index contributed by atoms with van der Waals surface area (Å²) in [5.74, 6) is 0.0193. The Morgan fingerprint density at radius 3 is 2.52 bits per heavy atom. The van der Waals surface area contributed by atoms with Crippen LogP contribution in [0.4, 0.5) is 0 Å². The molecule has 0 saturated carbocycles. The summed E-state index contributed by atoms with van der Waals surface area (Å²) in [5.41, 5.74) is 0.681. The highest BCUT2D eigenvalue weighted by molar-refractivity contribution is 7.89. The van der Waals surface area contributed by atoms with Crippen molar-refractivity contribution in [3.8, 4) is 0 Å². The standard InChI is InChI=1S/C17H19Cl2N3O4S/c1-11-16(12(2)26-20-11)27(24,25)22-7-3-6-21(8-9-22)17(23)14-5-4-13(18)10-15(14)19/h4-5,10H,3,6-9H2,1-2H3. The molecule has 0 unspecified atom stereocenters. The number of aromatic nitrogens is 1. The van der Waals surface area contributed by atoms with Gasteiger partial charge in [-0.3, -0.25) is 4.79 Å². The molecular formula is C17H19Cl2N3O4S. The molecule has 1 saturated heterocycles. The lowest BCUT2D eigenvalue weighted by Crippen LogP contribution is -2.37. The smallest absolute Gasteiger partial charge is 0.255 e. The van der Waals surface area contributed by atoms with Gasteiger partial charge in [0.2, 0.25) is 10.0 Å². The van der Waals surface area contributed by atoms with Crippen LogP contribution in [0.15, 0.2) is 27.6 Å². The highest BCUT2D eigenvalue weighted by atomic mass is 35.5. The number of sulfonamides is 1. The lowest BCUT2D eigenvalue weighted by Gasteiger charge is -2.22. The third kappa shape index (κ3) is 3.99. The molecule has 1 fully saturated rings. The first-order valence-corrected chi connectivity index (χ1v) is 10.6. The first-order chi connectivity index (χ1) is 12.7. The Bertz CT molecular complexity index is 955. The van der Waals surface area contributed by atoms with Crippen molar-refractivity contribution >= 4 is 39.1 Å². The molecule has 2 aromatic rings. The van der Waals surface area contributed by atoms with E-state index in [1.54, 1.807) is 30.9 Å². The molecule has 1 amide bonds. The van der Waals surface area contributed by atoms with Crippen LogP contribution in [-0.2, 0) is 10.0 Å². The first-order valence-electron chi connectivity index (χ1n) is 8.39. The number of aryl methyl sites for hydroxylation is 2. The molecule has 0 radical (unpaired) electrons. The number of benzene rings is 1. The second-order valence-corrected chi connectivity index (χ2v) is 9.05. The van der Waals surface area contributed by atoms with Gasteiger partial charge in [-0.25, -0.2) is 8.42 Å². The molecule has 1 aliphatic rings. The van der Waals surface area contributed by atoms with Gasteiger partial charge in [-0.05, 0) is 38.5 Å². The van der Waals surface area contributed by atoms with Crippen LogP contribution >= 0.6 is 23.2 Å². The number of halogens is 2. The third-order valence-electron chi connectivity index (χ3n) is 4.47. The molecule has 0 aliphatic carbocycles. The van der Waals surface area contributed by atoms with E-state index in [2.05, 4.69) is 5.16 Å². The minimum Gasteiger partial charge on any atom is -0.360 e. The van der Waals surface area contributed by atoms with Crippen LogP contribution in [0.1, 0.15) is 28.2 Å². The maximum atomic E-state index is 13.0. The van der Waals surface area contributed by atoms with Crippen molar-refractivity contribution in [2.24, 2.45) is 0 Å². The molecule has 7 nitrogen and oxygen atoms in total. The maximum absolute atomic E-state index is 13.0. The molecule has 2 heterocycles. The van der Waals surface area contributed by atoms with E-state index in [4.69, 9.17) is 27.7 Å². The van der Waals surface area contributed by atoms with Crippen molar-refractivity contribution in [1.82, 2.24) is 14.4 Å². The second kappa shape index (κ2) is 7.79. The first kappa shape index (κ1) is 20.1. The van der Waals surface area contributed by atoms with Crippen LogP contribution in [0, 0.1) is 13.8 Å². The topological polar surface area (TPSA) is 83.7 Å². The summed E-state index contributed by atoms with van der Waals surface area (Å²) in [6.07, 6.45) is 0.513. The Labute approximate surface area is 167 Å². The molecular weight excluding hydrogens is 413 g/mol. The van der Waals surface area contributed by atoms with Crippen molar-refractivity contribution in [3.63, 3.8) is 0 Å². The molecule has 3 rings (SSSR count). The van der Waals surface area contributed by atoms with Crippen molar-refractivity contribution in [2.75, 3.05) is 26.2 Å². The number of hydrogen-bond acceptors (Lipinski definition) is 5. The summed E-state index contributed by atoms with van der Waals surface area (Å²) >= 11 is 12.0. The molecule has 1 aromatic heterocycles. The Kier molecular flexibility index (Phi) is 5.81. The van der Waals surface area contributed by atoms with E-state index in [1.807, 2.05) is 0 Å². The molecule has 1 aliphatic heterocycles. The van der Waals surface area contributed by atoms with E-state index in [0.29, 0.717) is 35.8 Å². The van der Waals surface area contributed by atoms with Gasteiger partial charge in [0.15, 0.2) is 5.76 Å². The zero-order valence-corrected chi connectivity index (χ0v) is 17.2. The molecule has 0 N–H and O–H groups in total. The number of hydrogen-bond donors (Lipinski definition) is 0. The Morgan fingerprint density at radius 2 is 1.89 bits per heavy atom. The van der Waals surface area contributed by atoms with Gasteiger partial charge in [0, 0.05) is 31.2 Å². The fourth-order valence-electron chi connectivity index (χ4n) is 3.14. The van der Waals surface area contributed by atoms with Crippen molar-refractivity contribution in [2.45, 2.75) is 25.2 Å². The summed E-state index contributed by atoms with van der Waals surface area (Å²) in [5, 5.41) is 4.45. The second-order valence-electron chi connectivity index (χ2n) is 6.33. The summed E-state index contributed by atoms with van der Waals surface area (Å²) < 4.78 is 32.3. The number of rotatable bonds is 3. The van der Waals surface area contributed by atoms with Crippen LogP contribution in [0.3, 0.4) is 0 Å². The van der Waals surface area contributed by atoms with E-state index < -0.39 is 10.0 Å². The van der Waals surface area contributed by atoms with Gasteiger partial charge >= 0.3 is 0 Å². The Balaban J connectivity index is 1.78. The predicted octanol–water partition coefficient (Wildman–Crippen LogP) is 3.14. The highest BCUT2D eigenvalue weighted by Gasteiger charge is 2.33. The van der Waals surface area contributed by atoms with Crippen LogP contribution in [-0.4, -0.2) is 54.9 Å². The molecule has 27 heavy (non-hydrogen) atoms. The van der Waals surface area contributed by atoms with Gasteiger partial charge in [-0.2, -0.15) is 4.31 Å². The monoisotopic (exact) mass is 431 g/mol. The van der Waals surface area contributed by atoms with Gasteiger partial charge in [-0.1, -0.05) is 28.4 Å². The van der Waals surface area contributed by atoms with Gasteiger partial charge in [0.05, 0.1) is 10.6 Å². The average molecular weight is 432 g/mol. The van der Waals surface area contributed by atoms with E-state index in [9.17, 15) is 13.2 Å². The maximum Gasteiger partial charge on any atom is 0.255 e. The highest BCUT2D eigenvalue weighted by Crippen LogP contribution is 2.26. The van der Waals surface area contributed by atoms with Crippen molar-refractivity contribution in [1.29, 1.82) is 0 Å². The molecule has 10 heteroatoms. The number of amides is 1. The number of carbonyl (C=O) groups is 1. The van der Waals surface area contributed by atoms with E-state index >= 15 is 0 Å². The number of carbonyl (C=O) groups excluding carboxylic acids is 1. The molecule has 146 valence electrons. The number of nitrogens with zero attached hydrogens (tertiary/aromatic N) is 3. The molecule has 0 atom stereocenters. The summed E-state index contributed by atoms with van der Waals surface area (Å²) in [6.45, 7) is 4.36. The summed E-state index contributed by atoms with van der Waals surface area (Å²) in [4.78, 5) is 14.5. The predicted molar refractivity (Wildman–Crippen MR) is 102 cm³/mol. The summed E-state index contributed by atoms with van der Waals surface area (Å²) in [7, 11) is -3.74. The zero-order valence-electron chi connectivity index (χ0n) is 14.9. The Morgan fingerprint density at radius 1 is 1.15 bits per heavy atom. The van der Waals surface area contributed by atoms with Crippen molar-refractivity contribution in [3.05, 3.63) is 45.3 Å². The fraction of sp³-hybridized carbons (Fsp3) is 0.412. The quantitative estimate of drug-likeness (QED) is 0.744. The molecule has 0 spiro atoms. The van der Waals surface area contributed by atoms with Gasteiger partial charge in [0.25, 0.3) is 5.91 Å². The largest absolute Gasteiger partial charge is 0.360 e. The minimum atomic E-state index is -3.74. The van der Waals surface area contributed by atoms with E-state index in [0.717, 1.165) is 0 Å². The molecule has 1 aromatic carbocycles. The average Bonchev–Trinajstić information content (AvgIpc) is 2.81. The third-order valence-corrected chi connectivity index (χ3v) is 7.16. The zero-order chi connectivity index (χ0) is 19.8.